The van der Waals surface area contributed by atoms with Crippen molar-refractivity contribution >= 4 is 21.8 Å². The van der Waals surface area contributed by atoms with Gasteiger partial charge in [-0.2, -0.15) is 0 Å². The first kappa shape index (κ1) is 25.2. The summed E-state index contributed by atoms with van der Waals surface area (Å²) >= 11 is 0. The molecule has 0 fully saturated rings. The van der Waals surface area contributed by atoms with Crippen LogP contribution in [-0.4, -0.2) is 43.3 Å². The molecule has 0 aromatic heterocycles. The summed E-state index contributed by atoms with van der Waals surface area (Å²) in [5.74, 6) is 0.0516. The fraction of sp³-hybridized carbons (Fsp3) is 0.381. The molecule has 0 saturated heterocycles. The highest BCUT2D eigenvalue weighted by Crippen LogP contribution is 2.24. The minimum Gasteiger partial charge on any atom is -0.443 e. The van der Waals surface area contributed by atoms with Gasteiger partial charge in [-0.25, -0.2) is 17.9 Å². The number of nitrogens with zero attached hydrogens (tertiary/aromatic N) is 1. The number of nitrogens with two attached hydrogens (primary N) is 1. The number of nitrogens with one attached hydrogen (secondary N) is 1. The van der Waals surface area contributed by atoms with Crippen molar-refractivity contribution in [1.82, 2.24) is 4.72 Å². The van der Waals surface area contributed by atoms with Crippen molar-refractivity contribution in [2.75, 3.05) is 6.54 Å². The number of rotatable bonds is 11. The molecular weight excluding hydrogens is 438 g/mol. The third-order valence-electron chi connectivity index (χ3n) is 4.63. The minimum absolute atomic E-state index is 0.0516. The summed E-state index contributed by atoms with van der Waals surface area (Å²) in [4.78, 5) is 21.6. The molecule has 2 aromatic rings. The molecule has 0 heterocycles. The summed E-state index contributed by atoms with van der Waals surface area (Å²) in [7, 11) is -4.11. The van der Waals surface area contributed by atoms with E-state index in [2.05, 4.69) is 4.72 Å². The number of aliphatic hydroxyl groups is 1. The number of non-ortho nitro benzene ring substituents is 1. The van der Waals surface area contributed by atoms with Crippen molar-refractivity contribution in [3.63, 3.8) is 0 Å². The zero-order chi connectivity index (χ0) is 23.9. The average molecular weight is 466 g/mol. The van der Waals surface area contributed by atoms with E-state index in [1.165, 1.54) is 12.1 Å². The van der Waals surface area contributed by atoms with Crippen LogP contribution in [0.5, 0.6) is 0 Å². The van der Waals surface area contributed by atoms with Gasteiger partial charge < -0.3 is 15.6 Å². The summed E-state index contributed by atoms with van der Waals surface area (Å²) in [6, 6.07) is 12.4. The van der Waals surface area contributed by atoms with Gasteiger partial charge in [-0.05, 0) is 29.5 Å². The number of nitro benzene ring substituents is 1. The number of ether oxygens (including phenoxy) is 1. The molecule has 2 aromatic carbocycles. The van der Waals surface area contributed by atoms with Crippen molar-refractivity contribution in [1.29, 1.82) is 0 Å². The number of hydrogen-bond acceptors (Lipinski definition) is 7. The molecular formula is C21H27N3O7S. The van der Waals surface area contributed by atoms with Crippen LogP contribution in [-0.2, 0) is 27.6 Å². The van der Waals surface area contributed by atoms with E-state index in [1.54, 1.807) is 30.3 Å². The van der Waals surface area contributed by atoms with E-state index in [1.807, 2.05) is 13.8 Å². The van der Waals surface area contributed by atoms with E-state index < -0.39 is 39.8 Å². The first-order chi connectivity index (χ1) is 15.0. The van der Waals surface area contributed by atoms with Crippen molar-refractivity contribution in [3.8, 4) is 0 Å². The highest BCUT2D eigenvalue weighted by atomic mass is 32.2. The quantitative estimate of drug-likeness (QED) is 0.338. The number of hydrogen-bond donors (Lipinski definition) is 3. The second kappa shape index (κ2) is 11.0. The molecule has 0 aliphatic rings. The monoisotopic (exact) mass is 465 g/mol. The highest BCUT2D eigenvalue weighted by Gasteiger charge is 2.27. The third-order valence-corrected chi connectivity index (χ3v) is 6.16. The van der Waals surface area contributed by atoms with Gasteiger partial charge >= 0.3 is 6.09 Å². The number of aliphatic hydroxyl groups excluding tert-OH is 1. The molecule has 2 rings (SSSR count). The topological polar surface area (TPSA) is 162 Å². The Kier molecular flexibility index (Phi) is 8.70. The maximum atomic E-state index is 12.9. The fourth-order valence-electron chi connectivity index (χ4n) is 3.20. The maximum absolute atomic E-state index is 12.9. The van der Waals surface area contributed by atoms with Gasteiger partial charge in [-0.1, -0.05) is 44.2 Å². The molecule has 0 spiro atoms. The van der Waals surface area contributed by atoms with Gasteiger partial charge in [0.15, 0.2) is 0 Å². The molecule has 0 radical (unpaired) electrons. The van der Waals surface area contributed by atoms with Crippen molar-refractivity contribution in [2.45, 2.75) is 43.8 Å². The summed E-state index contributed by atoms with van der Waals surface area (Å²) in [6.45, 7) is 3.27. The lowest BCUT2D eigenvalue weighted by Gasteiger charge is -2.23. The standard InChI is InChI=1S/C21H27N3O7S/c1-14(2)10-16-12-17(24(27)28)8-9-20(16)32(29,30)23-13-18(25)19(31-21(22)26)11-15-6-4-3-5-7-15/h3-9,12,14,18-19,23,25H,10-11,13H2,1-2H3,(H2,22,26)/t18-,19+/m1/s1. The van der Waals surface area contributed by atoms with Gasteiger partial charge in [0.2, 0.25) is 10.0 Å². The van der Waals surface area contributed by atoms with E-state index in [9.17, 15) is 28.4 Å². The zero-order valence-corrected chi connectivity index (χ0v) is 18.6. The molecule has 0 bridgehead atoms. The van der Waals surface area contributed by atoms with Gasteiger partial charge in [0.25, 0.3) is 5.69 Å². The molecule has 0 aliphatic heterocycles. The predicted molar refractivity (Wildman–Crippen MR) is 117 cm³/mol. The number of sulfonamides is 1. The summed E-state index contributed by atoms with van der Waals surface area (Å²) < 4.78 is 33.1. The van der Waals surface area contributed by atoms with Crippen LogP contribution < -0.4 is 10.5 Å². The summed E-state index contributed by atoms with van der Waals surface area (Å²) in [5, 5.41) is 21.6. The Bertz CT molecular complexity index is 1040. The van der Waals surface area contributed by atoms with Crippen LogP contribution >= 0.6 is 0 Å². The molecule has 0 saturated carbocycles. The molecule has 1 amide bonds. The van der Waals surface area contributed by atoms with Gasteiger partial charge in [0, 0.05) is 25.1 Å². The van der Waals surface area contributed by atoms with Crippen molar-refractivity contribution in [2.24, 2.45) is 11.7 Å². The lowest BCUT2D eigenvalue weighted by atomic mass is 10.0. The first-order valence-corrected chi connectivity index (χ1v) is 11.4. The number of primary amides is 1. The summed E-state index contributed by atoms with van der Waals surface area (Å²) in [6.07, 6.45) is -3.12. The Hall–Kier alpha value is -3.02. The lowest BCUT2D eigenvalue weighted by Crippen LogP contribution is -2.43. The number of amides is 1. The van der Waals surface area contributed by atoms with Crippen molar-refractivity contribution in [3.05, 3.63) is 69.8 Å². The molecule has 2 atom stereocenters. The van der Waals surface area contributed by atoms with Crippen LogP contribution in [0.3, 0.4) is 0 Å². The average Bonchev–Trinajstić information content (AvgIpc) is 2.71. The second-order valence-electron chi connectivity index (χ2n) is 7.73. The number of nitro groups is 1. The van der Waals surface area contributed by atoms with Crippen molar-refractivity contribution < 1.29 is 28.0 Å². The third kappa shape index (κ3) is 7.29. The largest absolute Gasteiger partial charge is 0.443 e. The van der Waals surface area contributed by atoms with Crippen LogP contribution in [0.4, 0.5) is 10.5 Å². The molecule has 10 nitrogen and oxygen atoms in total. The van der Waals surface area contributed by atoms with Gasteiger partial charge in [0.05, 0.1) is 9.82 Å². The van der Waals surface area contributed by atoms with Crippen LogP contribution in [0, 0.1) is 16.0 Å². The Morgan fingerprint density at radius 2 is 1.84 bits per heavy atom. The Labute approximate surface area is 186 Å². The van der Waals surface area contributed by atoms with Crippen LogP contribution in [0.25, 0.3) is 0 Å². The Morgan fingerprint density at radius 1 is 1.19 bits per heavy atom. The van der Waals surface area contributed by atoms with E-state index in [-0.39, 0.29) is 22.9 Å². The molecule has 11 heteroatoms. The number of carbonyl (C=O) groups excluding carboxylic acids is 1. The van der Waals surface area contributed by atoms with E-state index >= 15 is 0 Å². The number of carbonyl (C=O) groups is 1. The van der Waals surface area contributed by atoms with Crippen LogP contribution in [0.2, 0.25) is 0 Å². The summed E-state index contributed by atoms with van der Waals surface area (Å²) in [5.41, 5.74) is 5.94. The van der Waals surface area contributed by atoms with Gasteiger partial charge in [-0.15, -0.1) is 0 Å². The van der Waals surface area contributed by atoms with Gasteiger partial charge in [-0.3, -0.25) is 10.1 Å². The SMILES string of the molecule is CC(C)Cc1cc([N+](=O)[O-])ccc1S(=O)(=O)NC[C@@H](O)[C@H](Cc1ccccc1)OC(N)=O. The normalized spacial score (nSPS) is 13.5. The highest BCUT2D eigenvalue weighted by molar-refractivity contribution is 7.89. The Morgan fingerprint density at radius 3 is 2.41 bits per heavy atom. The minimum atomic E-state index is -4.11. The second-order valence-corrected chi connectivity index (χ2v) is 9.47. The smallest absolute Gasteiger partial charge is 0.404 e. The zero-order valence-electron chi connectivity index (χ0n) is 17.8. The Balaban J connectivity index is 2.21. The van der Waals surface area contributed by atoms with Gasteiger partial charge in [0.1, 0.15) is 12.2 Å². The molecule has 0 aliphatic carbocycles. The first-order valence-electron chi connectivity index (χ1n) is 9.94. The predicted octanol–water partition coefficient (Wildman–Crippen LogP) is 2.14. The molecule has 4 N–H and O–H groups in total. The molecule has 0 unspecified atom stereocenters. The maximum Gasteiger partial charge on any atom is 0.404 e. The van der Waals surface area contributed by atoms with Crippen LogP contribution in [0.1, 0.15) is 25.0 Å². The number of benzene rings is 2. The van der Waals surface area contributed by atoms with E-state index in [0.717, 1.165) is 11.6 Å². The molecule has 174 valence electrons. The van der Waals surface area contributed by atoms with Crippen LogP contribution in [0.15, 0.2) is 53.4 Å². The fourth-order valence-corrected chi connectivity index (χ4v) is 4.48. The van der Waals surface area contributed by atoms with E-state index in [0.29, 0.717) is 12.0 Å². The molecule has 32 heavy (non-hydrogen) atoms. The van der Waals surface area contributed by atoms with E-state index in [4.69, 9.17) is 10.5 Å². The lowest BCUT2D eigenvalue weighted by molar-refractivity contribution is -0.385.